The summed E-state index contributed by atoms with van der Waals surface area (Å²) in [7, 11) is 0. The number of rotatable bonds is 3. The van der Waals surface area contributed by atoms with Crippen molar-refractivity contribution in [1.82, 2.24) is 4.90 Å². The van der Waals surface area contributed by atoms with Crippen LogP contribution in [0.4, 0.5) is 13.2 Å². The molecule has 3 rings (SSSR count). The van der Waals surface area contributed by atoms with Crippen molar-refractivity contribution in [3.8, 4) is 0 Å². The Morgan fingerprint density at radius 2 is 1.41 bits per heavy atom. The van der Waals surface area contributed by atoms with Crippen molar-refractivity contribution in [2.75, 3.05) is 13.1 Å². The number of carbonyl (C=O) groups excluding carboxylic acids is 2. The zero-order chi connectivity index (χ0) is 19.6. The van der Waals surface area contributed by atoms with E-state index in [0.717, 1.165) is 12.1 Å². The Morgan fingerprint density at radius 3 is 1.93 bits per heavy atom. The molecule has 0 spiro atoms. The van der Waals surface area contributed by atoms with E-state index in [4.69, 9.17) is 11.6 Å². The fourth-order valence-corrected chi connectivity index (χ4v) is 3.30. The predicted molar refractivity (Wildman–Crippen MR) is 95.9 cm³/mol. The van der Waals surface area contributed by atoms with Crippen LogP contribution in [0.15, 0.2) is 48.5 Å². The molecule has 0 unspecified atom stereocenters. The van der Waals surface area contributed by atoms with Crippen molar-refractivity contribution >= 4 is 23.3 Å². The highest BCUT2D eigenvalue weighted by atomic mass is 35.5. The molecule has 142 valence electrons. The van der Waals surface area contributed by atoms with Gasteiger partial charge in [-0.25, -0.2) is 0 Å². The van der Waals surface area contributed by atoms with Crippen LogP contribution in [0, 0.1) is 5.92 Å². The third-order valence-electron chi connectivity index (χ3n) is 4.74. The second kappa shape index (κ2) is 7.72. The minimum absolute atomic E-state index is 0.0216. The highest BCUT2D eigenvalue weighted by Gasteiger charge is 2.31. The average molecular weight is 396 g/mol. The third-order valence-corrected chi connectivity index (χ3v) is 4.99. The van der Waals surface area contributed by atoms with Crippen LogP contribution in [0.2, 0.25) is 5.02 Å². The Labute approximate surface area is 159 Å². The number of likely N-dealkylation sites (tertiary alicyclic amines) is 1. The summed E-state index contributed by atoms with van der Waals surface area (Å²) in [5.41, 5.74) is 0.0173. The van der Waals surface area contributed by atoms with E-state index in [-0.39, 0.29) is 23.2 Å². The molecule has 1 aliphatic rings. The van der Waals surface area contributed by atoms with Crippen LogP contribution < -0.4 is 0 Å². The van der Waals surface area contributed by atoms with Gasteiger partial charge in [-0.15, -0.1) is 0 Å². The van der Waals surface area contributed by atoms with Crippen LogP contribution in [-0.4, -0.2) is 29.7 Å². The second-order valence-electron chi connectivity index (χ2n) is 6.51. The molecular formula is C20H17ClF3NO2. The summed E-state index contributed by atoms with van der Waals surface area (Å²) in [6, 6.07) is 10.9. The molecule has 1 aliphatic heterocycles. The van der Waals surface area contributed by atoms with Crippen LogP contribution in [0.5, 0.6) is 0 Å². The van der Waals surface area contributed by atoms with E-state index >= 15 is 0 Å². The van der Waals surface area contributed by atoms with Gasteiger partial charge in [0.25, 0.3) is 5.91 Å². The first kappa shape index (κ1) is 19.4. The van der Waals surface area contributed by atoms with Crippen LogP contribution in [0.3, 0.4) is 0 Å². The normalized spacial score (nSPS) is 15.6. The summed E-state index contributed by atoms with van der Waals surface area (Å²) in [6.45, 7) is 0.785. The molecule has 1 fully saturated rings. The van der Waals surface area contributed by atoms with Gasteiger partial charge < -0.3 is 4.90 Å². The SMILES string of the molecule is O=C(c1ccc(Cl)cc1)C1CCN(C(=O)c2ccc(C(F)(F)F)cc2)CC1. The van der Waals surface area contributed by atoms with Gasteiger partial charge in [0, 0.05) is 35.2 Å². The summed E-state index contributed by atoms with van der Waals surface area (Å²) in [4.78, 5) is 26.6. The number of Topliss-reactive ketones (excluding diaryl/α,β-unsaturated/α-hetero) is 1. The number of halogens is 4. The molecule has 2 aromatic rings. The molecule has 0 N–H and O–H groups in total. The second-order valence-corrected chi connectivity index (χ2v) is 6.95. The van der Waals surface area contributed by atoms with E-state index in [9.17, 15) is 22.8 Å². The number of amides is 1. The Hall–Kier alpha value is -2.34. The van der Waals surface area contributed by atoms with Crippen molar-refractivity contribution < 1.29 is 22.8 Å². The highest BCUT2D eigenvalue weighted by molar-refractivity contribution is 6.30. The largest absolute Gasteiger partial charge is 0.416 e. The van der Waals surface area contributed by atoms with Gasteiger partial charge in [-0.3, -0.25) is 9.59 Å². The molecule has 1 saturated heterocycles. The number of nitrogens with zero attached hydrogens (tertiary/aromatic N) is 1. The van der Waals surface area contributed by atoms with Gasteiger partial charge in [-0.05, 0) is 61.4 Å². The fourth-order valence-electron chi connectivity index (χ4n) is 3.18. The van der Waals surface area contributed by atoms with E-state index in [1.807, 2.05) is 0 Å². The van der Waals surface area contributed by atoms with Crippen LogP contribution in [0.1, 0.15) is 39.1 Å². The third kappa shape index (κ3) is 4.50. The lowest BCUT2D eigenvalue weighted by Crippen LogP contribution is -2.40. The number of hydrogen-bond acceptors (Lipinski definition) is 2. The van der Waals surface area contributed by atoms with Crippen LogP contribution in [0.25, 0.3) is 0 Å². The number of carbonyl (C=O) groups is 2. The lowest BCUT2D eigenvalue weighted by atomic mass is 9.88. The zero-order valence-electron chi connectivity index (χ0n) is 14.3. The summed E-state index contributed by atoms with van der Waals surface area (Å²) >= 11 is 5.83. The maximum Gasteiger partial charge on any atom is 0.416 e. The average Bonchev–Trinajstić information content (AvgIpc) is 2.67. The molecule has 0 atom stereocenters. The number of alkyl halides is 3. The van der Waals surface area contributed by atoms with Gasteiger partial charge in [0.2, 0.25) is 0 Å². The van der Waals surface area contributed by atoms with Gasteiger partial charge in [-0.1, -0.05) is 11.6 Å². The monoisotopic (exact) mass is 395 g/mol. The lowest BCUT2D eigenvalue weighted by Gasteiger charge is -2.31. The minimum Gasteiger partial charge on any atom is -0.339 e. The molecule has 0 bridgehead atoms. The van der Waals surface area contributed by atoms with Gasteiger partial charge in [-0.2, -0.15) is 13.2 Å². The minimum atomic E-state index is -4.43. The first-order valence-corrected chi connectivity index (χ1v) is 8.90. The van der Waals surface area contributed by atoms with E-state index in [2.05, 4.69) is 0 Å². The number of ketones is 1. The molecule has 1 amide bonds. The molecular weight excluding hydrogens is 379 g/mol. The van der Waals surface area contributed by atoms with Crippen molar-refractivity contribution in [2.24, 2.45) is 5.92 Å². The van der Waals surface area contributed by atoms with Crippen molar-refractivity contribution in [1.29, 1.82) is 0 Å². The first-order chi connectivity index (χ1) is 12.8. The Bertz CT molecular complexity index is 824. The maximum absolute atomic E-state index is 12.6. The van der Waals surface area contributed by atoms with Crippen LogP contribution in [-0.2, 0) is 6.18 Å². The van der Waals surface area contributed by atoms with E-state index in [1.54, 1.807) is 29.2 Å². The maximum atomic E-state index is 12.6. The number of benzene rings is 2. The summed E-state index contributed by atoms with van der Waals surface area (Å²) in [6.07, 6.45) is -3.39. The molecule has 1 heterocycles. The van der Waals surface area contributed by atoms with Gasteiger partial charge in [0.1, 0.15) is 0 Å². The van der Waals surface area contributed by atoms with E-state index in [0.29, 0.717) is 36.5 Å². The van der Waals surface area contributed by atoms with Crippen LogP contribution >= 0.6 is 11.6 Å². The summed E-state index contributed by atoms with van der Waals surface area (Å²) in [5.74, 6) is -0.475. The quantitative estimate of drug-likeness (QED) is 0.678. The van der Waals surface area contributed by atoms with E-state index < -0.39 is 11.7 Å². The molecule has 2 aromatic carbocycles. The topological polar surface area (TPSA) is 37.4 Å². The summed E-state index contributed by atoms with van der Waals surface area (Å²) in [5, 5.41) is 0.559. The van der Waals surface area contributed by atoms with Gasteiger partial charge in [0.05, 0.1) is 5.56 Å². The Morgan fingerprint density at radius 1 is 0.889 bits per heavy atom. The molecule has 27 heavy (non-hydrogen) atoms. The van der Waals surface area contributed by atoms with Crippen molar-refractivity contribution in [3.63, 3.8) is 0 Å². The molecule has 0 radical (unpaired) electrons. The molecule has 7 heteroatoms. The standard InChI is InChI=1S/C20H17ClF3NO2/c21-17-7-3-13(4-8-17)18(26)14-9-11-25(12-10-14)19(27)15-1-5-16(6-2-15)20(22,23)24/h1-8,14H,9-12H2. The van der Waals surface area contributed by atoms with E-state index in [1.165, 1.54) is 12.1 Å². The van der Waals surface area contributed by atoms with Crippen molar-refractivity contribution in [2.45, 2.75) is 19.0 Å². The van der Waals surface area contributed by atoms with Gasteiger partial charge >= 0.3 is 6.18 Å². The molecule has 0 aromatic heterocycles. The fraction of sp³-hybridized carbons (Fsp3) is 0.300. The zero-order valence-corrected chi connectivity index (χ0v) is 15.1. The lowest BCUT2D eigenvalue weighted by molar-refractivity contribution is -0.137. The number of piperidine rings is 1. The predicted octanol–water partition coefficient (Wildman–Crippen LogP) is 5.09. The highest BCUT2D eigenvalue weighted by Crippen LogP contribution is 2.29. The Balaban J connectivity index is 1.60. The smallest absolute Gasteiger partial charge is 0.339 e. The Kier molecular flexibility index (Phi) is 5.56. The van der Waals surface area contributed by atoms with Gasteiger partial charge in [0.15, 0.2) is 5.78 Å². The molecule has 0 saturated carbocycles. The number of hydrogen-bond donors (Lipinski definition) is 0. The van der Waals surface area contributed by atoms with Crippen molar-refractivity contribution in [3.05, 3.63) is 70.2 Å². The first-order valence-electron chi connectivity index (χ1n) is 8.52. The summed E-state index contributed by atoms with van der Waals surface area (Å²) < 4.78 is 37.9. The molecule has 3 nitrogen and oxygen atoms in total. The molecule has 0 aliphatic carbocycles.